The summed E-state index contributed by atoms with van der Waals surface area (Å²) in [6.45, 7) is 7.82. The Labute approximate surface area is 113 Å². The van der Waals surface area contributed by atoms with Gasteiger partial charge in [-0.2, -0.15) is 0 Å². The summed E-state index contributed by atoms with van der Waals surface area (Å²) in [6.07, 6.45) is 0.848. The average molecular weight is 268 g/mol. The number of hydrogen-bond acceptors (Lipinski definition) is 2. The van der Waals surface area contributed by atoms with Gasteiger partial charge in [-0.15, -0.1) is 0 Å². The molecule has 1 saturated heterocycles. The van der Waals surface area contributed by atoms with Crippen molar-refractivity contribution in [1.82, 2.24) is 10.2 Å². The van der Waals surface area contributed by atoms with Crippen LogP contribution in [0.2, 0.25) is 0 Å². The Balaban J connectivity index is 2.27. The van der Waals surface area contributed by atoms with Gasteiger partial charge in [0.1, 0.15) is 0 Å². The lowest BCUT2D eigenvalue weighted by Gasteiger charge is -2.36. The number of halogens is 2. The van der Waals surface area contributed by atoms with Crippen LogP contribution in [0.1, 0.15) is 31.9 Å². The zero-order chi connectivity index (χ0) is 13.8. The molecule has 0 radical (unpaired) electrons. The number of rotatable bonds is 4. The van der Waals surface area contributed by atoms with Crippen molar-refractivity contribution < 1.29 is 8.78 Å². The van der Waals surface area contributed by atoms with Gasteiger partial charge in [0.25, 0.3) is 0 Å². The van der Waals surface area contributed by atoms with E-state index < -0.39 is 11.6 Å². The first-order valence-electron chi connectivity index (χ1n) is 6.98. The highest BCUT2D eigenvalue weighted by Gasteiger charge is 2.26. The van der Waals surface area contributed by atoms with Crippen LogP contribution in [0.25, 0.3) is 0 Å². The number of nitrogens with one attached hydrogen (secondary N) is 1. The highest BCUT2D eigenvalue weighted by Crippen LogP contribution is 2.30. The van der Waals surface area contributed by atoms with Gasteiger partial charge in [0.15, 0.2) is 11.6 Å². The van der Waals surface area contributed by atoms with Gasteiger partial charge in [0.05, 0.1) is 0 Å². The van der Waals surface area contributed by atoms with Crippen molar-refractivity contribution in [3.8, 4) is 0 Å². The van der Waals surface area contributed by atoms with E-state index in [-0.39, 0.29) is 6.04 Å². The van der Waals surface area contributed by atoms with Crippen LogP contribution < -0.4 is 5.32 Å². The molecule has 1 aromatic carbocycles. The van der Waals surface area contributed by atoms with E-state index in [0.29, 0.717) is 11.5 Å². The minimum atomic E-state index is -0.749. The molecule has 4 heteroatoms. The van der Waals surface area contributed by atoms with Crippen LogP contribution >= 0.6 is 0 Å². The van der Waals surface area contributed by atoms with Crippen molar-refractivity contribution in [1.29, 1.82) is 0 Å². The molecule has 0 bridgehead atoms. The summed E-state index contributed by atoms with van der Waals surface area (Å²) in [5.74, 6) is -0.990. The van der Waals surface area contributed by atoms with Crippen molar-refractivity contribution >= 4 is 0 Å². The summed E-state index contributed by atoms with van der Waals surface area (Å²) >= 11 is 0. The first-order valence-corrected chi connectivity index (χ1v) is 6.98. The third kappa shape index (κ3) is 3.51. The van der Waals surface area contributed by atoms with Crippen LogP contribution in [0.3, 0.4) is 0 Å². The Kier molecular flexibility index (Phi) is 4.88. The maximum Gasteiger partial charge on any atom is 0.163 e. The summed E-state index contributed by atoms with van der Waals surface area (Å²) in [4.78, 5) is 2.26. The molecule has 0 aromatic heterocycles. The smallest absolute Gasteiger partial charge is 0.163 e. The monoisotopic (exact) mass is 268 g/mol. The Bertz CT molecular complexity index is 415. The van der Waals surface area contributed by atoms with Gasteiger partial charge in [0.2, 0.25) is 0 Å². The van der Waals surface area contributed by atoms with Gasteiger partial charge in [-0.3, -0.25) is 4.90 Å². The summed E-state index contributed by atoms with van der Waals surface area (Å²) < 4.78 is 27.5. The van der Waals surface area contributed by atoms with E-state index >= 15 is 0 Å². The molecule has 0 aliphatic carbocycles. The molecule has 1 aliphatic heterocycles. The van der Waals surface area contributed by atoms with Crippen LogP contribution in [0.15, 0.2) is 18.2 Å². The molecule has 1 aromatic rings. The van der Waals surface area contributed by atoms with E-state index in [1.54, 1.807) is 12.1 Å². The molecule has 1 N–H and O–H groups in total. The Morgan fingerprint density at radius 2 is 1.89 bits per heavy atom. The molecule has 2 rings (SSSR count). The quantitative estimate of drug-likeness (QED) is 0.903. The van der Waals surface area contributed by atoms with E-state index in [0.717, 1.165) is 32.6 Å². The van der Waals surface area contributed by atoms with E-state index in [2.05, 4.69) is 24.1 Å². The highest BCUT2D eigenvalue weighted by atomic mass is 19.2. The van der Waals surface area contributed by atoms with Gasteiger partial charge in [0, 0.05) is 37.8 Å². The van der Waals surface area contributed by atoms with Crippen LogP contribution in [-0.4, -0.2) is 31.1 Å². The fourth-order valence-corrected chi connectivity index (χ4v) is 2.69. The second-order valence-electron chi connectivity index (χ2n) is 5.57. The fraction of sp³-hybridized carbons (Fsp3) is 0.600. The maximum absolute atomic E-state index is 14.0. The van der Waals surface area contributed by atoms with Crippen molar-refractivity contribution in [2.24, 2.45) is 5.92 Å². The number of hydrogen-bond donors (Lipinski definition) is 1. The third-order valence-corrected chi connectivity index (χ3v) is 3.63. The van der Waals surface area contributed by atoms with Crippen molar-refractivity contribution in [2.75, 3.05) is 26.2 Å². The Hall–Kier alpha value is -1.00. The molecular weight excluding hydrogens is 246 g/mol. The van der Waals surface area contributed by atoms with Crippen molar-refractivity contribution in [2.45, 2.75) is 26.3 Å². The molecule has 1 heterocycles. The molecule has 0 saturated carbocycles. The average Bonchev–Trinajstić information content (AvgIpc) is 2.40. The lowest BCUT2D eigenvalue weighted by atomic mass is 9.94. The van der Waals surface area contributed by atoms with Gasteiger partial charge >= 0.3 is 0 Å². The number of nitrogens with zero attached hydrogens (tertiary/aromatic N) is 1. The molecule has 0 unspecified atom stereocenters. The SMILES string of the molecule is CC(C)C[C@H](c1cccc(F)c1F)N1CCNCC1. The minimum Gasteiger partial charge on any atom is -0.314 e. The van der Waals surface area contributed by atoms with Crippen LogP contribution in [0, 0.1) is 17.6 Å². The summed E-state index contributed by atoms with van der Waals surface area (Å²) in [6, 6.07) is 4.47. The van der Waals surface area contributed by atoms with Crippen LogP contribution in [0.5, 0.6) is 0 Å². The van der Waals surface area contributed by atoms with E-state index in [4.69, 9.17) is 0 Å². The summed E-state index contributed by atoms with van der Waals surface area (Å²) in [7, 11) is 0. The number of piperazine rings is 1. The topological polar surface area (TPSA) is 15.3 Å². The van der Waals surface area contributed by atoms with E-state index in [1.165, 1.54) is 6.07 Å². The van der Waals surface area contributed by atoms with Crippen LogP contribution in [-0.2, 0) is 0 Å². The van der Waals surface area contributed by atoms with E-state index in [1.807, 2.05) is 0 Å². The molecule has 19 heavy (non-hydrogen) atoms. The lowest BCUT2D eigenvalue weighted by molar-refractivity contribution is 0.150. The second-order valence-corrected chi connectivity index (χ2v) is 5.57. The zero-order valence-corrected chi connectivity index (χ0v) is 11.6. The van der Waals surface area contributed by atoms with Crippen molar-refractivity contribution in [3.05, 3.63) is 35.4 Å². The highest BCUT2D eigenvalue weighted by molar-refractivity contribution is 5.23. The maximum atomic E-state index is 14.0. The summed E-state index contributed by atoms with van der Waals surface area (Å²) in [5, 5.41) is 3.29. The second kappa shape index (κ2) is 6.44. The third-order valence-electron chi connectivity index (χ3n) is 3.63. The van der Waals surface area contributed by atoms with Gasteiger partial charge in [-0.05, 0) is 18.4 Å². The lowest BCUT2D eigenvalue weighted by Crippen LogP contribution is -2.45. The first-order chi connectivity index (χ1) is 9.09. The molecule has 106 valence electrons. The number of benzene rings is 1. The standard InChI is InChI=1S/C15H22F2N2/c1-11(2)10-14(19-8-6-18-7-9-19)12-4-3-5-13(16)15(12)17/h3-5,11,14,18H,6-10H2,1-2H3/t14-/m1/s1. The normalized spacial score (nSPS) is 18.8. The largest absolute Gasteiger partial charge is 0.314 e. The summed E-state index contributed by atoms with van der Waals surface area (Å²) in [5.41, 5.74) is 0.496. The molecule has 0 spiro atoms. The molecule has 2 nitrogen and oxygen atoms in total. The fourth-order valence-electron chi connectivity index (χ4n) is 2.69. The Morgan fingerprint density at radius 1 is 1.21 bits per heavy atom. The molecule has 0 amide bonds. The van der Waals surface area contributed by atoms with E-state index in [9.17, 15) is 8.78 Å². The molecule has 1 fully saturated rings. The van der Waals surface area contributed by atoms with Gasteiger partial charge in [-0.1, -0.05) is 26.0 Å². The predicted molar refractivity (Wildman–Crippen MR) is 73.0 cm³/mol. The molecule has 1 aliphatic rings. The zero-order valence-electron chi connectivity index (χ0n) is 11.6. The Morgan fingerprint density at radius 3 is 2.53 bits per heavy atom. The van der Waals surface area contributed by atoms with Gasteiger partial charge in [-0.25, -0.2) is 8.78 Å². The predicted octanol–water partition coefficient (Wildman–Crippen LogP) is 2.96. The van der Waals surface area contributed by atoms with Crippen molar-refractivity contribution in [3.63, 3.8) is 0 Å². The van der Waals surface area contributed by atoms with Crippen LogP contribution in [0.4, 0.5) is 8.78 Å². The van der Waals surface area contributed by atoms with Gasteiger partial charge < -0.3 is 5.32 Å². The first kappa shape index (κ1) is 14.4. The molecule has 1 atom stereocenters. The molecular formula is C15H22F2N2. The minimum absolute atomic E-state index is 0.0298.